The molecule has 0 bridgehead atoms. The van der Waals surface area contributed by atoms with Gasteiger partial charge in [-0.3, -0.25) is 0 Å². The number of carboxylic acid groups (broad SMARTS) is 1. The minimum absolute atomic E-state index is 0.206. The lowest BCUT2D eigenvalue weighted by atomic mass is 10.3. The molecule has 0 aliphatic rings. The lowest BCUT2D eigenvalue weighted by Crippen LogP contribution is -2.34. The third-order valence-corrected chi connectivity index (χ3v) is 2.50. The molecule has 1 aromatic carbocycles. The minimum Gasteiger partial charge on any atom is -0.481 e. The van der Waals surface area contributed by atoms with E-state index in [1.807, 2.05) is 0 Å². The van der Waals surface area contributed by atoms with Crippen LogP contribution in [0.4, 0.5) is 4.39 Å². The first-order valence-electron chi connectivity index (χ1n) is 6.20. The van der Waals surface area contributed by atoms with Crippen molar-refractivity contribution in [1.82, 2.24) is 9.97 Å². The summed E-state index contributed by atoms with van der Waals surface area (Å²) in [5.41, 5.74) is 0.511. The van der Waals surface area contributed by atoms with Gasteiger partial charge >= 0.3 is 18.3 Å². The molecule has 2 rings (SSSR count). The van der Waals surface area contributed by atoms with Crippen LogP contribution in [0.3, 0.4) is 0 Å². The van der Waals surface area contributed by atoms with Gasteiger partial charge in [0.15, 0.2) is 11.6 Å². The van der Waals surface area contributed by atoms with Crippen LogP contribution in [0, 0.1) is 12.7 Å². The van der Waals surface area contributed by atoms with Crippen LogP contribution in [0.25, 0.3) is 0 Å². The van der Waals surface area contributed by atoms with E-state index in [2.05, 4.69) is 9.97 Å². The van der Waals surface area contributed by atoms with Gasteiger partial charge in [-0.05, 0) is 19.1 Å². The van der Waals surface area contributed by atoms with E-state index >= 15 is 0 Å². The molecule has 8 heteroatoms. The Morgan fingerprint density at radius 3 is 2.64 bits per heavy atom. The molecule has 0 amide bonds. The predicted molar refractivity (Wildman–Crippen MR) is 72.4 cm³/mol. The molecule has 2 aromatic rings. The number of hydrogen-bond acceptors (Lipinski definition) is 6. The number of halogens is 1. The third-order valence-electron chi connectivity index (χ3n) is 2.50. The van der Waals surface area contributed by atoms with Crippen LogP contribution in [0.2, 0.25) is 0 Å². The molecule has 0 radical (unpaired) electrons. The normalized spacial score (nSPS) is 11.6. The Morgan fingerprint density at radius 2 is 2.00 bits per heavy atom. The molecule has 22 heavy (non-hydrogen) atoms. The average Bonchev–Trinajstić information content (AvgIpc) is 2.48. The summed E-state index contributed by atoms with van der Waals surface area (Å²) in [6, 6.07) is 6.67. The number of benzene rings is 1. The van der Waals surface area contributed by atoms with Gasteiger partial charge in [0, 0.05) is 11.8 Å². The second kappa shape index (κ2) is 6.70. The molecular formula is C14H13FN2O5. The van der Waals surface area contributed by atoms with Crippen LogP contribution in [0.5, 0.6) is 17.6 Å². The Balaban J connectivity index is 2.21. The number of ether oxygens (including phenoxy) is 3. The summed E-state index contributed by atoms with van der Waals surface area (Å²) in [6.45, 7) is 1.66. The summed E-state index contributed by atoms with van der Waals surface area (Å²) in [4.78, 5) is 19.0. The van der Waals surface area contributed by atoms with E-state index in [1.165, 1.54) is 25.3 Å². The maximum absolute atomic E-state index is 13.5. The first kappa shape index (κ1) is 15.5. The average molecular weight is 308 g/mol. The molecule has 0 aliphatic carbocycles. The number of carboxylic acids is 1. The van der Waals surface area contributed by atoms with Gasteiger partial charge < -0.3 is 19.3 Å². The minimum atomic E-state index is -1.80. The Bertz CT molecular complexity index is 680. The smallest absolute Gasteiger partial charge is 0.387 e. The highest BCUT2D eigenvalue weighted by Gasteiger charge is 2.24. The Kier molecular flexibility index (Phi) is 4.72. The van der Waals surface area contributed by atoms with Gasteiger partial charge in [0.2, 0.25) is 5.88 Å². The van der Waals surface area contributed by atoms with E-state index < -0.39 is 18.1 Å². The molecule has 1 atom stereocenters. The number of para-hydroxylation sites is 1. The van der Waals surface area contributed by atoms with Gasteiger partial charge in [-0.1, -0.05) is 12.1 Å². The second-order valence-electron chi connectivity index (χ2n) is 4.17. The van der Waals surface area contributed by atoms with Crippen molar-refractivity contribution < 1.29 is 28.5 Å². The summed E-state index contributed by atoms with van der Waals surface area (Å²) in [7, 11) is 1.40. The maximum atomic E-state index is 13.5. The quantitative estimate of drug-likeness (QED) is 0.814. The molecular weight excluding hydrogens is 295 g/mol. The zero-order valence-corrected chi connectivity index (χ0v) is 11.8. The number of aryl methyl sites for hydroxylation is 1. The van der Waals surface area contributed by atoms with E-state index in [1.54, 1.807) is 13.0 Å². The number of hydrogen-bond donors (Lipinski definition) is 1. The van der Waals surface area contributed by atoms with Crippen LogP contribution >= 0.6 is 0 Å². The van der Waals surface area contributed by atoms with Crippen molar-refractivity contribution >= 4 is 5.97 Å². The monoisotopic (exact) mass is 308 g/mol. The van der Waals surface area contributed by atoms with Crippen LogP contribution in [-0.2, 0) is 4.79 Å². The second-order valence-corrected chi connectivity index (χ2v) is 4.17. The molecule has 0 saturated heterocycles. The summed E-state index contributed by atoms with van der Waals surface area (Å²) in [5.74, 6) is -2.21. The van der Waals surface area contributed by atoms with E-state index in [4.69, 9.17) is 19.3 Å². The van der Waals surface area contributed by atoms with Gasteiger partial charge in [0.05, 0.1) is 7.11 Å². The standard InChI is InChI=1S/C14H13FN2O5/c1-8-7-11(20-2)17-14(16-8)22-13(12(18)19)21-10-6-4-3-5-9(10)15/h3-7,13H,1-2H3,(H,18,19). The fraction of sp³-hybridized carbons (Fsp3) is 0.214. The summed E-state index contributed by atoms with van der Waals surface area (Å²) in [5, 5.41) is 9.12. The van der Waals surface area contributed by atoms with Crippen molar-refractivity contribution in [1.29, 1.82) is 0 Å². The number of rotatable bonds is 6. The SMILES string of the molecule is COc1cc(C)nc(OC(Oc2ccccc2F)C(=O)O)n1. The molecule has 0 spiro atoms. The summed E-state index contributed by atoms with van der Waals surface area (Å²) >= 11 is 0. The zero-order valence-electron chi connectivity index (χ0n) is 11.8. The van der Waals surface area contributed by atoms with E-state index in [-0.39, 0.29) is 17.6 Å². The Hall–Kier alpha value is -2.90. The fourth-order valence-corrected chi connectivity index (χ4v) is 1.55. The topological polar surface area (TPSA) is 90.8 Å². The highest BCUT2D eigenvalue weighted by molar-refractivity contribution is 5.71. The molecule has 0 saturated carbocycles. The molecule has 1 N–H and O–H groups in total. The van der Waals surface area contributed by atoms with E-state index in [9.17, 15) is 9.18 Å². The highest BCUT2D eigenvalue weighted by atomic mass is 19.1. The lowest BCUT2D eigenvalue weighted by molar-refractivity contribution is -0.159. The van der Waals surface area contributed by atoms with Crippen molar-refractivity contribution in [2.75, 3.05) is 7.11 Å². The third kappa shape index (κ3) is 3.81. The fourth-order valence-electron chi connectivity index (χ4n) is 1.55. The van der Waals surface area contributed by atoms with Crippen LogP contribution < -0.4 is 14.2 Å². The largest absolute Gasteiger partial charge is 0.481 e. The maximum Gasteiger partial charge on any atom is 0.387 e. The predicted octanol–water partition coefficient (Wildman–Crippen LogP) is 1.80. The Morgan fingerprint density at radius 1 is 1.27 bits per heavy atom. The van der Waals surface area contributed by atoms with Crippen molar-refractivity contribution in [3.8, 4) is 17.6 Å². The summed E-state index contributed by atoms with van der Waals surface area (Å²) in [6.07, 6.45) is -1.80. The van der Waals surface area contributed by atoms with Crippen molar-refractivity contribution in [3.05, 3.63) is 41.8 Å². The van der Waals surface area contributed by atoms with Gasteiger partial charge in [0.1, 0.15) is 0 Å². The van der Waals surface area contributed by atoms with Crippen LogP contribution in [-0.4, -0.2) is 34.4 Å². The number of aromatic nitrogens is 2. The zero-order chi connectivity index (χ0) is 16.1. The van der Waals surface area contributed by atoms with Gasteiger partial charge in [-0.2, -0.15) is 4.98 Å². The van der Waals surface area contributed by atoms with E-state index in [0.717, 1.165) is 6.07 Å². The van der Waals surface area contributed by atoms with Crippen molar-refractivity contribution in [3.63, 3.8) is 0 Å². The Labute approximate surface area is 125 Å². The molecule has 116 valence electrons. The van der Waals surface area contributed by atoms with Crippen molar-refractivity contribution in [2.45, 2.75) is 13.2 Å². The molecule has 0 fully saturated rings. The molecule has 1 heterocycles. The van der Waals surface area contributed by atoms with Crippen LogP contribution in [0.1, 0.15) is 5.69 Å². The molecule has 1 aromatic heterocycles. The summed E-state index contributed by atoms with van der Waals surface area (Å²) < 4.78 is 28.5. The number of methoxy groups -OCH3 is 1. The van der Waals surface area contributed by atoms with E-state index in [0.29, 0.717) is 5.69 Å². The number of nitrogens with zero attached hydrogens (tertiary/aromatic N) is 2. The first-order chi connectivity index (χ1) is 10.5. The molecule has 1 unspecified atom stereocenters. The number of carbonyl (C=O) groups is 1. The number of aliphatic carboxylic acids is 1. The van der Waals surface area contributed by atoms with Gasteiger partial charge in [0.25, 0.3) is 0 Å². The molecule has 7 nitrogen and oxygen atoms in total. The van der Waals surface area contributed by atoms with Gasteiger partial charge in [-0.15, -0.1) is 0 Å². The molecule has 0 aliphatic heterocycles. The van der Waals surface area contributed by atoms with Gasteiger partial charge in [-0.25, -0.2) is 14.2 Å². The lowest BCUT2D eigenvalue weighted by Gasteiger charge is -2.16. The first-order valence-corrected chi connectivity index (χ1v) is 6.20. The highest BCUT2D eigenvalue weighted by Crippen LogP contribution is 2.19. The van der Waals surface area contributed by atoms with Crippen molar-refractivity contribution in [2.24, 2.45) is 0 Å². The van der Waals surface area contributed by atoms with Crippen LogP contribution in [0.15, 0.2) is 30.3 Å².